The Bertz CT molecular complexity index is 587. The van der Waals surface area contributed by atoms with E-state index in [0.29, 0.717) is 5.56 Å². The standard InChI is InChI=1S/C14H10BrNS/c1-10-5-2-3-7-13(10)17-14-8-4-6-12(15)11(14)9-16/h2-8H,1H3. The second kappa shape index (κ2) is 5.39. The summed E-state index contributed by atoms with van der Waals surface area (Å²) >= 11 is 5.03. The highest BCUT2D eigenvalue weighted by atomic mass is 79.9. The van der Waals surface area contributed by atoms with Crippen LogP contribution in [0, 0.1) is 18.3 Å². The summed E-state index contributed by atoms with van der Waals surface area (Å²) < 4.78 is 0.846. The van der Waals surface area contributed by atoms with E-state index in [0.717, 1.165) is 9.37 Å². The molecule has 2 rings (SSSR count). The van der Waals surface area contributed by atoms with E-state index in [1.807, 2.05) is 30.3 Å². The Morgan fingerprint density at radius 2 is 1.76 bits per heavy atom. The van der Waals surface area contributed by atoms with Gasteiger partial charge in [-0.15, -0.1) is 0 Å². The molecule has 0 saturated carbocycles. The van der Waals surface area contributed by atoms with Crippen LogP contribution >= 0.6 is 27.7 Å². The third kappa shape index (κ3) is 2.71. The highest BCUT2D eigenvalue weighted by molar-refractivity contribution is 9.10. The predicted molar refractivity (Wildman–Crippen MR) is 74.2 cm³/mol. The van der Waals surface area contributed by atoms with Crippen molar-refractivity contribution in [3.05, 3.63) is 58.1 Å². The fourth-order valence-corrected chi connectivity index (χ4v) is 3.09. The molecule has 0 spiro atoms. The van der Waals surface area contributed by atoms with Gasteiger partial charge in [0.25, 0.3) is 0 Å². The van der Waals surface area contributed by atoms with Gasteiger partial charge < -0.3 is 0 Å². The summed E-state index contributed by atoms with van der Waals surface area (Å²) in [4.78, 5) is 2.17. The van der Waals surface area contributed by atoms with Crippen LogP contribution < -0.4 is 0 Å². The molecule has 0 aromatic heterocycles. The summed E-state index contributed by atoms with van der Waals surface area (Å²) in [6.45, 7) is 2.08. The zero-order valence-corrected chi connectivity index (χ0v) is 11.7. The normalized spacial score (nSPS) is 9.94. The molecule has 3 heteroatoms. The van der Waals surface area contributed by atoms with E-state index in [1.165, 1.54) is 10.5 Å². The number of aryl methyl sites for hydroxylation is 1. The van der Waals surface area contributed by atoms with Gasteiger partial charge >= 0.3 is 0 Å². The molecular weight excluding hydrogens is 294 g/mol. The van der Waals surface area contributed by atoms with Gasteiger partial charge in [-0.25, -0.2) is 0 Å². The molecule has 17 heavy (non-hydrogen) atoms. The van der Waals surface area contributed by atoms with E-state index in [2.05, 4.69) is 41.1 Å². The van der Waals surface area contributed by atoms with E-state index < -0.39 is 0 Å². The van der Waals surface area contributed by atoms with Gasteiger partial charge in [0.05, 0.1) is 5.56 Å². The minimum absolute atomic E-state index is 0.695. The van der Waals surface area contributed by atoms with E-state index in [9.17, 15) is 0 Å². The molecule has 0 aliphatic carbocycles. The summed E-state index contributed by atoms with van der Waals surface area (Å²) in [7, 11) is 0. The number of rotatable bonds is 2. The van der Waals surface area contributed by atoms with E-state index in [-0.39, 0.29) is 0 Å². The molecule has 0 fully saturated rings. The number of nitrogens with zero attached hydrogens (tertiary/aromatic N) is 1. The molecule has 0 aliphatic heterocycles. The molecule has 2 aromatic rings. The lowest BCUT2D eigenvalue weighted by molar-refractivity contribution is 1.28. The van der Waals surface area contributed by atoms with Gasteiger partial charge in [0, 0.05) is 14.3 Å². The highest BCUT2D eigenvalue weighted by Crippen LogP contribution is 2.34. The van der Waals surface area contributed by atoms with Crippen LogP contribution in [0.5, 0.6) is 0 Å². The smallest absolute Gasteiger partial charge is 0.102 e. The molecule has 0 aliphatic rings. The zero-order chi connectivity index (χ0) is 12.3. The van der Waals surface area contributed by atoms with Crippen molar-refractivity contribution < 1.29 is 0 Å². The maximum absolute atomic E-state index is 9.15. The fourth-order valence-electron chi connectivity index (χ4n) is 1.49. The molecule has 0 saturated heterocycles. The van der Waals surface area contributed by atoms with Crippen LogP contribution in [0.3, 0.4) is 0 Å². The van der Waals surface area contributed by atoms with Gasteiger partial charge in [0.2, 0.25) is 0 Å². The summed E-state index contributed by atoms with van der Waals surface area (Å²) in [5.74, 6) is 0. The van der Waals surface area contributed by atoms with Crippen LogP contribution in [-0.4, -0.2) is 0 Å². The number of benzene rings is 2. The minimum atomic E-state index is 0.695. The Morgan fingerprint density at radius 1 is 1.06 bits per heavy atom. The quantitative estimate of drug-likeness (QED) is 0.797. The zero-order valence-electron chi connectivity index (χ0n) is 9.27. The molecule has 0 atom stereocenters. The van der Waals surface area contributed by atoms with Crippen LogP contribution in [0.1, 0.15) is 11.1 Å². The number of halogens is 1. The Labute approximate surface area is 114 Å². The largest absolute Gasteiger partial charge is 0.192 e. The van der Waals surface area contributed by atoms with Crippen molar-refractivity contribution in [1.29, 1.82) is 5.26 Å². The first-order chi connectivity index (χ1) is 8.22. The topological polar surface area (TPSA) is 23.8 Å². The Morgan fingerprint density at radius 3 is 2.47 bits per heavy atom. The van der Waals surface area contributed by atoms with Crippen molar-refractivity contribution in [2.24, 2.45) is 0 Å². The van der Waals surface area contributed by atoms with Crippen molar-refractivity contribution >= 4 is 27.7 Å². The number of hydrogen-bond acceptors (Lipinski definition) is 2. The molecule has 0 radical (unpaired) electrons. The lowest BCUT2D eigenvalue weighted by Gasteiger charge is -2.07. The fraction of sp³-hybridized carbons (Fsp3) is 0.0714. The minimum Gasteiger partial charge on any atom is -0.192 e. The van der Waals surface area contributed by atoms with Crippen molar-refractivity contribution in [3.8, 4) is 6.07 Å². The van der Waals surface area contributed by atoms with Gasteiger partial charge in [-0.3, -0.25) is 0 Å². The average molecular weight is 304 g/mol. The summed E-state index contributed by atoms with van der Waals surface area (Å²) in [5.41, 5.74) is 1.92. The SMILES string of the molecule is Cc1ccccc1Sc1cccc(Br)c1C#N. The lowest BCUT2D eigenvalue weighted by Crippen LogP contribution is -1.84. The molecular formula is C14H10BrNS. The molecule has 84 valence electrons. The van der Waals surface area contributed by atoms with Gasteiger partial charge in [0.15, 0.2) is 0 Å². The van der Waals surface area contributed by atoms with Crippen LogP contribution in [0.15, 0.2) is 56.7 Å². The van der Waals surface area contributed by atoms with Gasteiger partial charge in [0.1, 0.15) is 6.07 Å². The molecule has 1 nitrogen and oxygen atoms in total. The summed E-state index contributed by atoms with van der Waals surface area (Å²) in [5, 5.41) is 9.15. The van der Waals surface area contributed by atoms with Gasteiger partial charge in [-0.1, -0.05) is 36.0 Å². The van der Waals surface area contributed by atoms with Crippen molar-refractivity contribution in [1.82, 2.24) is 0 Å². The average Bonchev–Trinajstić information content (AvgIpc) is 2.32. The third-order valence-electron chi connectivity index (χ3n) is 2.40. The summed E-state index contributed by atoms with van der Waals surface area (Å²) in [6, 6.07) is 16.2. The molecule has 0 unspecified atom stereocenters. The number of nitriles is 1. The highest BCUT2D eigenvalue weighted by Gasteiger charge is 2.08. The second-order valence-corrected chi connectivity index (χ2v) is 5.53. The maximum atomic E-state index is 9.15. The Kier molecular flexibility index (Phi) is 3.88. The van der Waals surface area contributed by atoms with Gasteiger partial charge in [-0.2, -0.15) is 5.26 Å². The predicted octanol–water partition coefficient (Wildman–Crippen LogP) is 4.78. The Balaban J connectivity index is 2.41. The maximum Gasteiger partial charge on any atom is 0.102 e. The van der Waals surface area contributed by atoms with Crippen LogP contribution in [0.4, 0.5) is 0 Å². The first-order valence-electron chi connectivity index (χ1n) is 5.14. The van der Waals surface area contributed by atoms with E-state index in [4.69, 9.17) is 5.26 Å². The molecule has 2 aromatic carbocycles. The molecule has 0 bridgehead atoms. The van der Waals surface area contributed by atoms with Crippen LogP contribution in [-0.2, 0) is 0 Å². The summed E-state index contributed by atoms with van der Waals surface area (Å²) in [6.07, 6.45) is 0. The first-order valence-corrected chi connectivity index (χ1v) is 6.75. The number of hydrogen-bond donors (Lipinski definition) is 0. The first kappa shape index (κ1) is 12.2. The van der Waals surface area contributed by atoms with E-state index in [1.54, 1.807) is 11.8 Å². The molecule has 0 amide bonds. The van der Waals surface area contributed by atoms with Crippen LogP contribution in [0.2, 0.25) is 0 Å². The Hall–Kier alpha value is -1.24. The van der Waals surface area contributed by atoms with Crippen molar-refractivity contribution in [2.45, 2.75) is 16.7 Å². The molecule has 0 heterocycles. The molecule has 0 N–H and O–H groups in total. The van der Waals surface area contributed by atoms with Gasteiger partial charge in [-0.05, 0) is 46.6 Å². The lowest BCUT2D eigenvalue weighted by atomic mass is 10.2. The second-order valence-electron chi connectivity index (χ2n) is 3.59. The van der Waals surface area contributed by atoms with Crippen molar-refractivity contribution in [2.75, 3.05) is 0 Å². The van der Waals surface area contributed by atoms with Crippen LogP contribution in [0.25, 0.3) is 0 Å². The third-order valence-corrected chi connectivity index (χ3v) is 4.30. The van der Waals surface area contributed by atoms with Crippen molar-refractivity contribution in [3.63, 3.8) is 0 Å². The van der Waals surface area contributed by atoms with E-state index >= 15 is 0 Å². The monoisotopic (exact) mass is 303 g/mol.